The Hall–Kier alpha value is -1.88. The Bertz CT molecular complexity index is 614. The molecule has 0 aliphatic rings. The summed E-state index contributed by atoms with van der Waals surface area (Å²) < 4.78 is 0. The molecule has 0 radical (unpaired) electrons. The number of anilines is 1. The molecule has 3 rings (SSSR count). The number of hydrogen-bond acceptors (Lipinski definition) is 4. The van der Waals surface area contributed by atoms with Gasteiger partial charge in [-0.05, 0) is 36.6 Å². The summed E-state index contributed by atoms with van der Waals surface area (Å²) in [6, 6.07) is 10.5. The topological polar surface area (TPSA) is 53.6 Å². The van der Waals surface area contributed by atoms with Crippen molar-refractivity contribution in [3.63, 3.8) is 0 Å². The number of thiophene rings is 1. The lowest BCUT2D eigenvalue weighted by molar-refractivity contribution is 0.908. The third-order valence-electron chi connectivity index (χ3n) is 2.67. The molecule has 0 aliphatic heterocycles. The van der Waals surface area contributed by atoms with Crippen LogP contribution in [0, 0.1) is 0 Å². The smallest absolute Gasteiger partial charge is 0.115 e. The van der Waals surface area contributed by atoms with Crippen molar-refractivity contribution in [1.29, 1.82) is 0 Å². The van der Waals surface area contributed by atoms with Crippen molar-refractivity contribution < 1.29 is 0 Å². The Morgan fingerprint density at radius 2 is 2.12 bits per heavy atom. The molecule has 0 saturated carbocycles. The van der Waals surface area contributed by atoms with Crippen LogP contribution in [0.2, 0.25) is 0 Å². The molecule has 1 atom stereocenters. The minimum Gasteiger partial charge on any atom is -0.378 e. The average Bonchev–Trinajstić information content (AvgIpc) is 2.99. The highest BCUT2D eigenvalue weighted by atomic mass is 32.1. The first-order chi connectivity index (χ1) is 8.33. The van der Waals surface area contributed by atoms with Gasteiger partial charge in [-0.3, -0.25) is 0 Å². The van der Waals surface area contributed by atoms with Gasteiger partial charge in [0.25, 0.3) is 0 Å². The number of aromatic amines is 1. The minimum absolute atomic E-state index is 0.305. The lowest BCUT2D eigenvalue weighted by atomic mass is 10.2. The van der Waals surface area contributed by atoms with Crippen molar-refractivity contribution in [2.24, 2.45) is 0 Å². The van der Waals surface area contributed by atoms with Gasteiger partial charge in [-0.15, -0.1) is 11.3 Å². The summed E-state index contributed by atoms with van der Waals surface area (Å²) in [6.07, 6.45) is 0. The van der Waals surface area contributed by atoms with Crippen molar-refractivity contribution in [2.45, 2.75) is 13.0 Å². The maximum absolute atomic E-state index is 4.08. The SMILES string of the molecule is C[C@H](Nc1ccc2n[nH]nc2c1)c1cccs1. The van der Waals surface area contributed by atoms with E-state index in [0.717, 1.165) is 16.7 Å². The first kappa shape index (κ1) is 10.3. The monoisotopic (exact) mass is 244 g/mol. The van der Waals surface area contributed by atoms with Crippen LogP contribution < -0.4 is 5.32 Å². The molecular formula is C12H12N4S. The molecule has 1 aromatic carbocycles. The van der Waals surface area contributed by atoms with Crippen LogP contribution in [0.5, 0.6) is 0 Å². The van der Waals surface area contributed by atoms with Gasteiger partial charge >= 0.3 is 0 Å². The third kappa shape index (κ3) is 2.01. The van der Waals surface area contributed by atoms with Gasteiger partial charge in [0.15, 0.2) is 0 Å². The van der Waals surface area contributed by atoms with Crippen molar-refractivity contribution in [2.75, 3.05) is 5.32 Å². The van der Waals surface area contributed by atoms with E-state index in [0.29, 0.717) is 6.04 Å². The van der Waals surface area contributed by atoms with E-state index in [4.69, 9.17) is 0 Å². The van der Waals surface area contributed by atoms with Gasteiger partial charge in [0.1, 0.15) is 11.0 Å². The summed E-state index contributed by atoms with van der Waals surface area (Å²) in [4.78, 5) is 1.32. The quantitative estimate of drug-likeness (QED) is 0.744. The van der Waals surface area contributed by atoms with Crippen molar-refractivity contribution in [3.8, 4) is 0 Å². The van der Waals surface area contributed by atoms with Gasteiger partial charge < -0.3 is 5.32 Å². The third-order valence-corrected chi connectivity index (χ3v) is 3.72. The van der Waals surface area contributed by atoms with Crippen LogP contribution in [0.15, 0.2) is 35.7 Å². The van der Waals surface area contributed by atoms with Crippen molar-refractivity contribution in [1.82, 2.24) is 15.4 Å². The van der Waals surface area contributed by atoms with Crippen LogP contribution >= 0.6 is 11.3 Å². The van der Waals surface area contributed by atoms with Crippen molar-refractivity contribution in [3.05, 3.63) is 40.6 Å². The second-order valence-electron chi connectivity index (χ2n) is 3.91. The Kier molecular flexibility index (Phi) is 2.53. The summed E-state index contributed by atoms with van der Waals surface area (Å²) in [5.41, 5.74) is 2.83. The fourth-order valence-corrected chi connectivity index (χ4v) is 2.52. The zero-order valence-electron chi connectivity index (χ0n) is 9.34. The molecule has 0 bridgehead atoms. The molecule has 3 aromatic rings. The summed E-state index contributed by atoms with van der Waals surface area (Å²) >= 11 is 1.76. The van der Waals surface area contributed by atoms with E-state index in [-0.39, 0.29) is 0 Å². The van der Waals surface area contributed by atoms with Crippen LogP contribution in [0.1, 0.15) is 17.8 Å². The number of H-pyrrole nitrogens is 1. The summed E-state index contributed by atoms with van der Waals surface area (Å²) in [7, 11) is 0. The van der Waals surface area contributed by atoms with E-state index in [1.54, 1.807) is 11.3 Å². The molecule has 0 aliphatic carbocycles. The van der Waals surface area contributed by atoms with Gasteiger partial charge in [-0.2, -0.15) is 15.4 Å². The van der Waals surface area contributed by atoms with Crippen molar-refractivity contribution >= 4 is 28.1 Å². The molecule has 17 heavy (non-hydrogen) atoms. The first-order valence-electron chi connectivity index (χ1n) is 5.43. The molecule has 4 nitrogen and oxygen atoms in total. The normalized spacial score (nSPS) is 12.8. The highest BCUT2D eigenvalue weighted by Crippen LogP contribution is 2.24. The number of rotatable bonds is 3. The molecule has 0 unspecified atom stereocenters. The second kappa shape index (κ2) is 4.18. The summed E-state index contributed by atoms with van der Waals surface area (Å²) in [5, 5.41) is 16.3. The standard InChI is InChI=1S/C12H12N4S/c1-8(12-3-2-6-17-12)13-9-4-5-10-11(7-9)15-16-14-10/h2-8,13H,1H3,(H,14,15,16)/t8-/m0/s1. The van der Waals surface area contributed by atoms with E-state index in [9.17, 15) is 0 Å². The number of aromatic nitrogens is 3. The first-order valence-corrected chi connectivity index (χ1v) is 6.31. The Morgan fingerprint density at radius 1 is 1.24 bits per heavy atom. The molecule has 5 heteroatoms. The summed E-state index contributed by atoms with van der Waals surface area (Å²) in [5.74, 6) is 0. The fourth-order valence-electron chi connectivity index (χ4n) is 1.79. The van der Waals surface area contributed by atoms with E-state index in [2.05, 4.69) is 45.2 Å². The average molecular weight is 244 g/mol. The van der Waals surface area contributed by atoms with E-state index >= 15 is 0 Å². The molecule has 0 spiro atoms. The molecule has 0 amide bonds. The van der Waals surface area contributed by atoms with Crippen LogP contribution in [0.3, 0.4) is 0 Å². The number of hydrogen-bond donors (Lipinski definition) is 2. The molecule has 2 N–H and O–H groups in total. The predicted octanol–water partition coefficient (Wildman–Crippen LogP) is 3.19. The predicted molar refractivity (Wildman–Crippen MR) is 70.2 cm³/mol. The highest BCUT2D eigenvalue weighted by Gasteiger charge is 2.07. The molecular weight excluding hydrogens is 232 g/mol. The molecule has 2 heterocycles. The van der Waals surface area contributed by atoms with Gasteiger partial charge in [0.2, 0.25) is 0 Å². The van der Waals surface area contributed by atoms with E-state index in [1.807, 2.05) is 18.2 Å². The number of benzene rings is 1. The zero-order valence-corrected chi connectivity index (χ0v) is 10.2. The Labute approximate surface area is 103 Å². The van der Waals surface area contributed by atoms with Gasteiger partial charge in [-0.1, -0.05) is 6.07 Å². The van der Waals surface area contributed by atoms with Crippen LogP contribution in [-0.4, -0.2) is 15.4 Å². The molecule has 2 aromatic heterocycles. The largest absolute Gasteiger partial charge is 0.378 e. The second-order valence-corrected chi connectivity index (χ2v) is 4.89. The Morgan fingerprint density at radius 3 is 2.94 bits per heavy atom. The lowest BCUT2D eigenvalue weighted by Crippen LogP contribution is -2.04. The number of nitrogens with zero attached hydrogens (tertiary/aromatic N) is 2. The maximum atomic E-state index is 4.08. The van der Waals surface area contributed by atoms with Crippen LogP contribution in [0.25, 0.3) is 11.0 Å². The zero-order chi connectivity index (χ0) is 11.7. The summed E-state index contributed by atoms with van der Waals surface area (Å²) in [6.45, 7) is 2.15. The van der Waals surface area contributed by atoms with Gasteiger partial charge in [-0.25, -0.2) is 0 Å². The lowest BCUT2D eigenvalue weighted by Gasteiger charge is -2.13. The van der Waals surface area contributed by atoms with Gasteiger partial charge in [0, 0.05) is 10.6 Å². The number of fused-ring (bicyclic) bond motifs is 1. The minimum atomic E-state index is 0.305. The number of nitrogens with one attached hydrogen (secondary N) is 2. The maximum Gasteiger partial charge on any atom is 0.115 e. The van der Waals surface area contributed by atoms with Crippen LogP contribution in [-0.2, 0) is 0 Å². The molecule has 86 valence electrons. The Balaban J connectivity index is 1.84. The van der Waals surface area contributed by atoms with Gasteiger partial charge in [0.05, 0.1) is 6.04 Å². The fraction of sp³-hybridized carbons (Fsp3) is 0.167. The van der Waals surface area contributed by atoms with E-state index in [1.165, 1.54) is 4.88 Å². The molecule has 0 fully saturated rings. The highest BCUT2D eigenvalue weighted by molar-refractivity contribution is 7.10. The van der Waals surface area contributed by atoms with E-state index < -0.39 is 0 Å². The molecule has 0 saturated heterocycles. The van der Waals surface area contributed by atoms with Crippen LogP contribution in [0.4, 0.5) is 5.69 Å².